The molecule has 3 aromatic rings. The lowest BCUT2D eigenvalue weighted by atomic mass is 10.1. The van der Waals surface area contributed by atoms with Gasteiger partial charge in [0.2, 0.25) is 5.91 Å². The number of amides is 4. The van der Waals surface area contributed by atoms with Gasteiger partial charge in [-0.2, -0.15) is 0 Å². The van der Waals surface area contributed by atoms with Gasteiger partial charge in [-0.15, -0.1) is 0 Å². The second-order valence-corrected chi connectivity index (χ2v) is 7.78. The summed E-state index contributed by atoms with van der Waals surface area (Å²) in [6.45, 7) is 0.706. The highest BCUT2D eigenvalue weighted by Gasteiger charge is 2.37. The molecule has 0 bridgehead atoms. The van der Waals surface area contributed by atoms with Gasteiger partial charge in [0.1, 0.15) is 11.8 Å². The van der Waals surface area contributed by atoms with Gasteiger partial charge >= 0.3 is 6.03 Å². The van der Waals surface area contributed by atoms with E-state index in [9.17, 15) is 14.4 Å². The Kier molecular flexibility index (Phi) is 6.39. The highest BCUT2D eigenvalue weighted by molar-refractivity contribution is 6.04. The molecule has 2 heterocycles. The van der Waals surface area contributed by atoms with Gasteiger partial charge in [0, 0.05) is 30.1 Å². The third-order valence-corrected chi connectivity index (χ3v) is 5.64. The number of imide groups is 1. The summed E-state index contributed by atoms with van der Waals surface area (Å²) < 4.78 is 5.28. The normalized spacial score (nSPS) is 15.8. The lowest BCUT2D eigenvalue weighted by Gasteiger charge is -2.13. The Morgan fingerprint density at radius 2 is 1.97 bits per heavy atom. The average molecular weight is 434 g/mol. The minimum Gasteiger partial charge on any atom is -0.497 e. The standard InChI is InChI=1S/C24H26N4O4/c1-32-18-7-8-20-19(13-18)17(14-26-20)11-12-25-22(29)10-9-21-23(30)28(24(31)27-21)15-16-5-3-2-4-6-16/h2-8,13-14,21,26H,9-12,15H2,1H3,(H,25,29)(H,27,31)/t21-/m1/s1. The molecule has 1 fully saturated rings. The number of hydrogen-bond donors (Lipinski definition) is 3. The monoisotopic (exact) mass is 434 g/mol. The van der Waals surface area contributed by atoms with Crippen LogP contribution in [0.3, 0.4) is 0 Å². The molecule has 1 aliphatic heterocycles. The first-order chi connectivity index (χ1) is 15.5. The zero-order valence-corrected chi connectivity index (χ0v) is 17.9. The van der Waals surface area contributed by atoms with Crippen LogP contribution in [0, 0.1) is 0 Å². The largest absolute Gasteiger partial charge is 0.497 e. The molecule has 0 radical (unpaired) electrons. The number of benzene rings is 2. The van der Waals surface area contributed by atoms with E-state index in [1.807, 2.05) is 54.7 Å². The molecule has 0 unspecified atom stereocenters. The third kappa shape index (κ3) is 4.74. The molecule has 1 atom stereocenters. The van der Waals surface area contributed by atoms with Gasteiger partial charge in [-0.25, -0.2) is 4.79 Å². The highest BCUT2D eigenvalue weighted by Crippen LogP contribution is 2.23. The summed E-state index contributed by atoms with van der Waals surface area (Å²) in [6, 6.07) is 14.1. The maximum absolute atomic E-state index is 12.6. The van der Waals surface area contributed by atoms with Crippen molar-refractivity contribution in [3.63, 3.8) is 0 Å². The summed E-state index contributed by atoms with van der Waals surface area (Å²) >= 11 is 0. The van der Waals surface area contributed by atoms with Crippen molar-refractivity contribution in [1.82, 2.24) is 20.5 Å². The number of fused-ring (bicyclic) bond motifs is 1. The molecule has 32 heavy (non-hydrogen) atoms. The van der Waals surface area contributed by atoms with Crippen LogP contribution in [0.4, 0.5) is 4.79 Å². The summed E-state index contributed by atoms with van der Waals surface area (Å²) in [7, 11) is 1.63. The zero-order valence-electron chi connectivity index (χ0n) is 17.9. The lowest BCUT2D eigenvalue weighted by molar-refractivity contribution is -0.128. The number of methoxy groups -OCH3 is 1. The van der Waals surface area contributed by atoms with Gasteiger partial charge in [-0.3, -0.25) is 14.5 Å². The lowest BCUT2D eigenvalue weighted by Crippen LogP contribution is -2.33. The first-order valence-corrected chi connectivity index (χ1v) is 10.6. The fourth-order valence-corrected chi connectivity index (χ4v) is 3.88. The van der Waals surface area contributed by atoms with E-state index in [2.05, 4.69) is 15.6 Å². The smallest absolute Gasteiger partial charge is 0.325 e. The number of carbonyl (C=O) groups is 3. The first-order valence-electron chi connectivity index (χ1n) is 10.6. The molecule has 3 N–H and O–H groups in total. The molecule has 8 heteroatoms. The predicted molar refractivity (Wildman–Crippen MR) is 120 cm³/mol. The molecule has 166 valence electrons. The topological polar surface area (TPSA) is 104 Å². The first kappa shape index (κ1) is 21.4. The molecule has 0 saturated carbocycles. The average Bonchev–Trinajstić information content (AvgIpc) is 3.33. The van der Waals surface area contributed by atoms with Crippen molar-refractivity contribution in [2.45, 2.75) is 31.8 Å². The predicted octanol–water partition coefficient (Wildman–Crippen LogP) is 2.74. The molecular formula is C24H26N4O4. The van der Waals surface area contributed by atoms with Gasteiger partial charge in [-0.1, -0.05) is 30.3 Å². The van der Waals surface area contributed by atoms with Crippen LogP contribution in [-0.4, -0.2) is 47.4 Å². The van der Waals surface area contributed by atoms with Gasteiger partial charge in [-0.05, 0) is 42.2 Å². The van der Waals surface area contributed by atoms with Crippen molar-refractivity contribution in [2.75, 3.05) is 13.7 Å². The van der Waals surface area contributed by atoms with E-state index >= 15 is 0 Å². The molecular weight excluding hydrogens is 408 g/mol. The Balaban J connectivity index is 1.24. The van der Waals surface area contributed by atoms with Crippen molar-refractivity contribution < 1.29 is 19.1 Å². The molecule has 0 spiro atoms. The van der Waals surface area contributed by atoms with Gasteiger partial charge in [0.05, 0.1) is 13.7 Å². The SMILES string of the molecule is COc1ccc2[nH]cc(CCNC(=O)CC[C@H]3NC(=O)N(Cc4ccccc4)C3=O)c2c1. The summed E-state index contributed by atoms with van der Waals surface area (Å²) in [5.41, 5.74) is 2.99. The molecule has 2 aromatic carbocycles. The summed E-state index contributed by atoms with van der Waals surface area (Å²) in [5, 5.41) is 6.64. The van der Waals surface area contributed by atoms with Gasteiger partial charge < -0.3 is 20.4 Å². The van der Waals surface area contributed by atoms with Crippen LogP contribution >= 0.6 is 0 Å². The number of carbonyl (C=O) groups excluding carboxylic acids is 3. The minimum absolute atomic E-state index is 0.147. The van der Waals surface area contributed by atoms with Crippen molar-refractivity contribution in [2.24, 2.45) is 0 Å². The number of aromatic amines is 1. The van der Waals surface area contributed by atoms with Crippen molar-refractivity contribution in [1.29, 1.82) is 0 Å². The van der Waals surface area contributed by atoms with E-state index in [1.54, 1.807) is 7.11 Å². The number of H-pyrrole nitrogens is 1. The van der Waals surface area contributed by atoms with Gasteiger partial charge in [0.15, 0.2) is 0 Å². The van der Waals surface area contributed by atoms with Crippen molar-refractivity contribution in [3.8, 4) is 5.75 Å². The number of ether oxygens (including phenoxy) is 1. The molecule has 4 amide bonds. The van der Waals surface area contributed by atoms with E-state index in [4.69, 9.17) is 4.74 Å². The number of nitrogens with zero attached hydrogens (tertiary/aromatic N) is 1. The van der Waals surface area contributed by atoms with E-state index in [-0.39, 0.29) is 31.2 Å². The van der Waals surface area contributed by atoms with Crippen molar-refractivity contribution in [3.05, 3.63) is 65.9 Å². The van der Waals surface area contributed by atoms with Crippen LogP contribution in [-0.2, 0) is 22.6 Å². The van der Waals surface area contributed by atoms with Crippen LogP contribution in [0.2, 0.25) is 0 Å². The van der Waals surface area contributed by atoms with Gasteiger partial charge in [0.25, 0.3) is 5.91 Å². The second kappa shape index (κ2) is 9.55. The Labute approximate surface area is 185 Å². The summed E-state index contributed by atoms with van der Waals surface area (Å²) in [4.78, 5) is 41.5. The zero-order chi connectivity index (χ0) is 22.5. The summed E-state index contributed by atoms with van der Waals surface area (Å²) in [6.07, 6.45) is 3.04. The maximum Gasteiger partial charge on any atom is 0.325 e. The van der Waals surface area contributed by atoms with E-state index < -0.39 is 12.1 Å². The van der Waals surface area contributed by atoms with E-state index in [1.165, 1.54) is 4.90 Å². The Morgan fingerprint density at radius 3 is 2.75 bits per heavy atom. The van der Waals surface area contributed by atoms with E-state index in [0.29, 0.717) is 13.0 Å². The van der Waals surface area contributed by atoms with Crippen LogP contribution in [0.5, 0.6) is 5.75 Å². The number of hydrogen-bond acceptors (Lipinski definition) is 4. The Morgan fingerprint density at radius 1 is 1.16 bits per heavy atom. The number of aromatic nitrogens is 1. The van der Waals surface area contributed by atoms with Crippen LogP contribution in [0.15, 0.2) is 54.7 Å². The second-order valence-electron chi connectivity index (χ2n) is 7.78. The molecule has 8 nitrogen and oxygen atoms in total. The Bertz CT molecular complexity index is 1130. The molecule has 4 rings (SSSR count). The minimum atomic E-state index is -0.668. The number of urea groups is 1. The molecule has 1 saturated heterocycles. The fraction of sp³-hybridized carbons (Fsp3) is 0.292. The van der Waals surface area contributed by atoms with Crippen molar-refractivity contribution >= 4 is 28.7 Å². The van der Waals surface area contributed by atoms with Crippen LogP contribution in [0.1, 0.15) is 24.0 Å². The maximum atomic E-state index is 12.6. The molecule has 1 aromatic heterocycles. The quantitative estimate of drug-likeness (QED) is 0.451. The molecule has 1 aliphatic rings. The van der Waals surface area contributed by atoms with Crippen LogP contribution < -0.4 is 15.4 Å². The van der Waals surface area contributed by atoms with E-state index in [0.717, 1.165) is 27.8 Å². The number of nitrogens with one attached hydrogen (secondary N) is 3. The fourth-order valence-electron chi connectivity index (χ4n) is 3.88. The third-order valence-electron chi connectivity index (χ3n) is 5.64. The molecule has 0 aliphatic carbocycles. The summed E-state index contributed by atoms with van der Waals surface area (Å²) in [5.74, 6) is 0.345. The number of rotatable bonds is 9. The van der Waals surface area contributed by atoms with Crippen LogP contribution in [0.25, 0.3) is 10.9 Å². The highest BCUT2D eigenvalue weighted by atomic mass is 16.5. The Hall–Kier alpha value is -3.81.